The van der Waals surface area contributed by atoms with Gasteiger partial charge in [0, 0.05) is 12.2 Å². The van der Waals surface area contributed by atoms with Gasteiger partial charge >= 0.3 is 0 Å². The zero-order valence-corrected chi connectivity index (χ0v) is 16.0. The first-order valence-electron chi connectivity index (χ1n) is 8.61. The highest BCUT2D eigenvalue weighted by Crippen LogP contribution is 2.20. The first kappa shape index (κ1) is 19.4. The van der Waals surface area contributed by atoms with Crippen LogP contribution in [-0.2, 0) is 16.6 Å². The van der Waals surface area contributed by atoms with E-state index >= 15 is 0 Å². The van der Waals surface area contributed by atoms with Crippen LogP contribution in [0.15, 0.2) is 65.8 Å². The lowest BCUT2D eigenvalue weighted by molar-refractivity contribution is 0.0947. The standard InChI is InChI=1S/C19H20N4O4S/c1-2-27-16-10-8-15(9-11-16)23-28(25,26)19-17(13-21-22-19)18(24)20-12-14-6-4-3-5-7-14/h3-11,13,23H,2,12H2,1H3,(H,20,24)(H,21,22). The maximum absolute atomic E-state index is 12.7. The highest BCUT2D eigenvalue weighted by Gasteiger charge is 2.25. The predicted octanol–water partition coefficient (Wildman–Crippen LogP) is 2.54. The number of H-pyrrole nitrogens is 1. The molecule has 2 aromatic carbocycles. The second-order valence-electron chi connectivity index (χ2n) is 5.84. The smallest absolute Gasteiger partial charge is 0.279 e. The molecule has 3 aromatic rings. The molecule has 0 bridgehead atoms. The molecule has 0 unspecified atom stereocenters. The molecular formula is C19H20N4O4S. The fourth-order valence-corrected chi connectivity index (χ4v) is 3.66. The van der Waals surface area contributed by atoms with E-state index in [2.05, 4.69) is 20.2 Å². The van der Waals surface area contributed by atoms with Gasteiger partial charge < -0.3 is 10.1 Å². The van der Waals surface area contributed by atoms with Crippen molar-refractivity contribution in [1.82, 2.24) is 15.5 Å². The molecule has 1 aromatic heterocycles. The van der Waals surface area contributed by atoms with E-state index in [1.54, 1.807) is 24.3 Å². The van der Waals surface area contributed by atoms with Crippen LogP contribution in [0.5, 0.6) is 5.75 Å². The highest BCUT2D eigenvalue weighted by molar-refractivity contribution is 7.92. The monoisotopic (exact) mass is 400 g/mol. The van der Waals surface area contributed by atoms with Crippen LogP contribution in [0.4, 0.5) is 5.69 Å². The van der Waals surface area contributed by atoms with Gasteiger partial charge in [-0.1, -0.05) is 30.3 Å². The Morgan fingerprint density at radius 1 is 1.11 bits per heavy atom. The molecule has 28 heavy (non-hydrogen) atoms. The molecule has 0 radical (unpaired) electrons. The summed E-state index contributed by atoms with van der Waals surface area (Å²) in [6.45, 7) is 2.65. The summed E-state index contributed by atoms with van der Waals surface area (Å²) in [6, 6.07) is 15.8. The van der Waals surface area contributed by atoms with Gasteiger partial charge in [-0.3, -0.25) is 14.6 Å². The van der Waals surface area contributed by atoms with Crippen LogP contribution >= 0.6 is 0 Å². The molecule has 0 fully saturated rings. The highest BCUT2D eigenvalue weighted by atomic mass is 32.2. The van der Waals surface area contributed by atoms with Gasteiger partial charge in [0.2, 0.25) is 0 Å². The molecule has 0 spiro atoms. The SMILES string of the molecule is CCOc1ccc(NS(=O)(=O)c2[nH]ncc2C(=O)NCc2ccccc2)cc1. The van der Waals surface area contributed by atoms with Crippen molar-refractivity contribution < 1.29 is 17.9 Å². The second-order valence-corrected chi connectivity index (χ2v) is 7.46. The van der Waals surface area contributed by atoms with Crippen LogP contribution in [0.3, 0.4) is 0 Å². The molecule has 3 rings (SSSR count). The third kappa shape index (κ3) is 4.68. The van der Waals surface area contributed by atoms with Crippen molar-refractivity contribution in [3.05, 3.63) is 71.9 Å². The number of carbonyl (C=O) groups is 1. The Morgan fingerprint density at radius 3 is 2.50 bits per heavy atom. The van der Waals surface area contributed by atoms with Crippen molar-refractivity contribution in [3.8, 4) is 5.75 Å². The molecule has 0 aliphatic rings. The number of amides is 1. The number of anilines is 1. The van der Waals surface area contributed by atoms with Gasteiger partial charge in [0.1, 0.15) is 5.75 Å². The molecule has 8 nitrogen and oxygen atoms in total. The van der Waals surface area contributed by atoms with Crippen LogP contribution in [0.25, 0.3) is 0 Å². The number of carbonyl (C=O) groups excluding carboxylic acids is 1. The second kappa shape index (κ2) is 8.57. The number of aromatic nitrogens is 2. The van der Waals surface area contributed by atoms with Gasteiger partial charge in [-0.05, 0) is 36.8 Å². The average Bonchev–Trinajstić information content (AvgIpc) is 3.20. The van der Waals surface area contributed by atoms with E-state index in [-0.39, 0.29) is 17.1 Å². The summed E-state index contributed by atoms with van der Waals surface area (Å²) in [5, 5.41) is 8.50. The minimum atomic E-state index is -4.02. The minimum Gasteiger partial charge on any atom is -0.494 e. The Labute approximate surface area is 163 Å². The van der Waals surface area contributed by atoms with E-state index in [0.717, 1.165) is 5.56 Å². The Kier molecular flexibility index (Phi) is 5.95. The number of benzene rings is 2. The molecule has 0 saturated carbocycles. The molecule has 0 saturated heterocycles. The van der Waals surface area contributed by atoms with Crippen molar-refractivity contribution in [2.75, 3.05) is 11.3 Å². The summed E-state index contributed by atoms with van der Waals surface area (Å²) in [5.41, 5.74) is 1.18. The van der Waals surface area contributed by atoms with E-state index in [4.69, 9.17) is 4.74 Å². The number of nitrogens with one attached hydrogen (secondary N) is 3. The molecule has 9 heteroatoms. The Hall–Kier alpha value is -3.33. The summed E-state index contributed by atoms with van der Waals surface area (Å²) in [7, 11) is -4.02. The summed E-state index contributed by atoms with van der Waals surface area (Å²) in [6.07, 6.45) is 1.19. The van der Waals surface area contributed by atoms with Crippen molar-refractivity contribution in [1.29, 1.82) is 0 Å². The fraction of sp³-hybridized carbons (Fsp3) is 0.158. The lowest BCUT2D eigenvalue weighted by Crippen LogP contribution is -2.25. The number of sulfonamides is 1. The van der Waals surface area contributed by atoms with Gasteiger partial charge in [0.05, 0.1) is 18.4 Å². The van der Waals surface area contributed by atoms with Crippen molar-refractivity contribution in [2.24, 2.45) is 0 Å². The number of rotatable bonds is 8. The van der Waals surface area contributed by atoms with Crippen LogP contribution < -0.4 is 14.8 Å². The Balaban J connectivity index is 1.72. The van der Waals surface area contributed by atoms with Crippen molar-refractivity contribution in [2.45, 2.75) is 18.5 Å². The van der Waals surface area contributed by atoms with E-state index in [0.29, 0.717) is 18.0 Å². The maximum Gasteiger partial charge on any atom is 0.279 e. The van der Waals surface area contributed by atoms with E-state index < -0.39 is 15.9 Å². The third-order valence-electron chi connectivity index (χ3n) is 3.83. The van der Waals surface area contributed by atoms with Gasteiger partial charge in [-0.25, -0.2) is 0 Å². The predicted molar refractivity (Wildman–Crippen MR) is 105 cm³/mol. The molecule has 1 amide bonds. The van der Waals surface area contributed by atoms with E-state index in [9.17, 15) is 13.2 Å². The molecule has 0 atom stereocenters. The quantitative estimate of drug-likeness (QED) is 0.538. The number of aromatic amines is 1. The third-order valence-corrected chi connectivity index (χ3v) is 5.18. The van der Waals surface area contributed by atoms with E-state index in [1.165, 1.54) is 6.20 Å². The average molecular weight is 400 g/mol. The number of nitrogens with zero attached hydrogens (tertiary/aromatic N) is 1. The lowest BCUT2D eigenvalue weighted by atomic mass is 10.2. The number of ether oxygens (including phenoxy) is 1. The molecule has 146 valence electrons. The summed E-state index contributed by atoms with van der Waals surface area (Å²) in [5.74, 6) is 0.0950. The van der Waals surface area contributed by atoms with Crippen LogP contribution in [-0.4, -0.2) is 31.1 Å². The molecule has 0 aliphatic carbocycles. The Morgan fingerprint density at radius 2 is 1.82 bits per heavy atom. The lowest BCUT2D eigenvalue weighted by Gasteiger charge is -2.10. The van der Waals surface area contributed by atoms with Crippen LogP contribution in [0.2, 0.25) is 0 Å². The first-order chi connectivity index (χ1) is 13.5. The maximum atomic E-state index is 12.7. The van der Waals surface area contributed by atoms with Crippen LogP contribution in [0.1, 0.15) is 22.8 Å². The largest absolute Gasteiger partial charge is 0.494 e. The Bertz CT molecular complexity index is 1030. The molecule has 0 aliphatic heterocycles. The molecular weight excluding hydrogens is 380 g/mol. The van der Waals surface area contributed by atoms with Crippen LogP contribution in [0, 0.1) is 0 Å². The van der Waals surface area contributed by atoms with Gasteiger partial charge in [-0.2, -0.15) is 13.5 Å². The fourth-order valence-electron chi connectivity index (χ4n) is 2.51. The van der Waals surface area contributed by atoms with E-state index in [1.807, 2.05) is 37.3 Å². The number of hydrogen-bond acceptors (Lipinski definition) is 5. The van der Waals surface area contributed by atoms with Gasteiger partial charge in [-0.15, -0.1) is 0 Å². The van der Waals surface area contributed by atoms with Gasteiger partial charge in [0.25, 0.3) is 15.9 Å². The zero-order chi connectivity index (χ0) is 20.0. The zero-order valence-electron chi connectivity index (χ0n) is 15.2. The first-order valence-corrected chi connectivity index (χ1v) is 10.1. The topological polar surface area (TPSA) is 113 Å². The normalized spacial score (nSPS) is 11.0. The summed E-state index contributed by atoms with van der Waals surface area (Å²) >= 11 is 0. The summed E-state index contributed by atoms with van der Waals surface area (Å²) < 4.78 is 33.1. The molecule has 3 N–H and O–H groups in total. The van der Waals surface area contributed by atoms with Crippen molar-refractivity contribution in [3.63, 3.8) is 0 Å². The van der Waals surface area contributed by atoms with Crippen molar-refractivity contribution >= 4 is 21.6 Å². The minimum absolute atomic E-state index is 0.0608. The summed E-state index contributed by atoms with van der Waals surface area (Å²) in [4.78, 5) is 12.4. The molecule has 1 heterocycles. The van der Waals surface area contributed by atoms with Gasteiger partial charge in [0.15, 0.2) is 5.03 Å². The number of hydrogen-bond donors (Lipinski definition) is 3.